The van der Waals surface area contributed by atoms with Gasteiger partial charge in [-0.1, -0.05) is 36.4 Å². The fourth-order valence-electron chi connectivity index (χ4n) is 8.15. The highest BCUT2D eigenvalue weighted by atomic mass is 19.1. The van der Waals surface area contributed by atoms with Crippen LogP contribution < -0.4 is 15.0 Å². The molecule has 6 bridgehead atoms. The van der Waals surface area contributed by atoms with Crippen LogP contribution in [0.4, 0.5) is 19.4 Å². The molecule has 5 aliphatic rings. The van der Waals surface area contributed by atoms with Crippen molar-refractivity contribution in [1.82, 2.24) is 34.9 Å². The van der Waals surface area contributed by atoms with Crippen LogP contribution in [-0.2, 0) is 24.2 Å². The minimum absolute atomic E-state index is 0. The van der Waals surface area contributed by atoms with Crippen LogP contribution in [0.15, 0.2) is 54.9 Å². The minimum atomic E-state index is -0.913. The van der Waals surface area contributed by atoms with Crippen LogP contribution in [-0.4, -0.2) is 86.3 Å². The second kappa shape index (κ2) is 11.4. The molecule has 1 amide bonds. The molecular weight excluding hydrogens is 618 g/mol. The second-order valence-corrected chi connectivity index (χ2v) is 13.3. The summed E-state index contributed by atoms with van der Waals surface area (Å²) in [5.41, 5.74) is 2.22. The molecule has 2 aromatic carbocycles. The Morgan fingerprint density at radius 1 is 1.12 bits per heavy atom. The van der Waals surface area contributed by atoms with E-state index in [1.54, 1.807) is 12.4 Å². The molecule has 1 N–H and O–H groups in total. The van der Waals surface area contributed by atoms with Crippen LogP contribution >= 0.6 is 0 Å². The SMILES string of the molecule is O=C1NC2CN(Cc3ccnn3C2)c2nc(OC[C@@]34CCCN3C[C@H](F)C4)nc3c(F)c(ncc23)-c2cccc3cccc(c23)CCO1.[HH]. The summed E-state index contributed by atoms with van der Waals surface area (Å²) in [5.74, 6) is -0.161. The number of amides is 1. The van der Waals surface area contributed by atoms with Crippen molar-refractivity contribution in [1.29, 1.82) is 0 Å². The van der Waals surface area contributed by atoms with Crippen LogP contribution in [0.3, 0.4) is 0 Å². The van der Waals surface area contributed by atoms with E-state index in [1.165, 1.54) is 0 Å². The largest absolute Gasteiger partial charge is 0.461 e. The van der Waals surface area contributed by atoms with Crippen molar-refractivity contribution in [2.75, 3.05) is 37.7 Å². The predicted octanol–water partition coefficient (Wildman–Crippen LogP) is 5.05. The summed E-state index contributed by atoms with van der Waals surface area (Å²) in [6.45, 7) is 2.68. The number of anilines is 1. The molecule has 3 aromatic heterocycles. The number of hydrogen-bond acceptors (Lipinski definition) is 9. The van der Waals surface area contributed by atoms with E-state index in [4.69, 9.17) is 19.4 Å². The number of alkyl carbamates (subject to hydrolysis) is 1. The highest BCUT2D eigenvalue weighted by molar-refractivity contribution is 6.00. The van der Waals surface area contributed by atoms with Crippen LogP contribution in [0, 0.1) is 5.82 Å². The van der Waals surface area contributed by atoms with Gasteiger partial charge in [0.15, 0.2) is 5.82 Å². The number of rotatable bonds is 3. The molecule has 2 fully saturated rings. The molecule has 0 spiro atoms. The molecule has 0 saturated carbocycles. The average molecular weight is 655 g/mol. The second-order valence-electron chi connectivity index (χ2n) is 13.3. The summed E-state index contributed by atoms with van der Waals surface area (Å²) in [5, 5.41) is 9.66. The van der Waals surface area contributed by atoms with Gasteiger partial charge in [-0.25, -0.2) is 13.6 Å². The zero-order valence-electron chi connectivity index (χ0n) is 26.2. The number of carbonyl (C=O) groups excluding carboxylic acids is 1. The number of hydrogen-bond donors (Lipinski definition) is 1. The summed E-state index contributed by atoms with van der Waals surface area (Å²) in [7, 11) is 0. The van der Waals surface area contributed by atoms with E-state index >= 15 is 4.39 Å². The molecule has 5 aromatic rings. The first kappa shape index (κ1) is 29.2. The normalized spacial score (nSPS) is 24.0. The zero-order chi connectivity index (χ0) is 32.4. The molecule has 1 unspecified atom stereocenters. The van der Waals surface area contributed by atoms with E-state index in [2.05, 4.69) is 20.3 Å². The summed E-state index contributed by atoms with van der Waals surface area (Å²) < 4.78 is 45.4. The molecule has 3 atom stereocenters. The van der Waals surface area contributed by atoms with E-state index in [0.717, 1.165) is 41.4 Å². The first-order valence-electron chi connectivity index (χ1n) is 16.5. The molecule has 11 nitrogen and oxygen atoms in total. The number of ether oxygens (including phenoxy) is 2. The van der Waals surface area contributed by atoms with Gasteiger partial charge in [0.05, 0.1) is 42.4 Å². The Morgan fingerprint density at radius 3 is 2.94 bits per heavy atom. The maximum Gasteiger partial charge on any atom is 0.407 e. The van der Waals surface area contributed by atoms with E-state index in [9.17, 15) is 9.18 Å². The maximum atomic E-state index is 17.0. The molecule has 0 radical (unpaired) electrons. The van der Waals surface area contributed by atoms with Crippen LogP contribution in [0.5, 0.6) is 6.01 Å². The van der Waals surface area contributed by atoms with Crippen molar-refractivity contribution in [3.8, 4) is 17.3 Å². The van der Waals surface area contributed by atoms with E-state index in [-0.39, 0.29) is 31.9 Å². The van der Waals surface area contributed by atoms with Gasteiger partial charge in [0.1, 0.15) is 29.8 Å². The third-order valence-electron chi connectivity index (χ3n) is 10.3. The molecular formula is C35H36F2N8O3. The van der Waals surface area contributed by atoms with Crippen molar-refractivity contribution in [2.24, 2.45) is 0 Å². The summed E-state index contributed by atoms with van der Waals surface area (Å²) >= 11 is 0. The lowest BCUT2D eigenvalue weighted by molar-refractivity contribution is 0.107. The molecule has 248 valence electrons. The highest BCUT2D eigenvalue weighted by Gasteiger charge is 2.49. The molecule has 13 heteroatoms. The van der Waals surface area contributed by atoms with Gasteiger partial charge in [0.25, 0.3) is 0 Å². The Labute approximate surface area is 276 Å². The van der Waals surface area contributed by atoms with Crippen LogP contribution in [0.2, 0.25) is 0 Å². The van der Waals surface area contributed by atoms with Crippen molar-refractivity contribution in [3.05, 3.63) is 71.9 Å². The van der Waals surface area contributed by atoms with Gasteiger partial charge in [-0.3, -0.25) is 14.6 Å². The quantitative estimate of drug-likeness (QED) is 0.286. The lowest BCUT2D eigenvalue weighted by atomic mass is 9.95. The lowest BCUT2D eigenvalue weighted by Gasteiger charge is -2.31. The summed E-state index contributed by atoms with van der Waals surface area (Å²) in [6.07, 6.45) is 4.50. The van der Waals surface area contributed by atoms with E-state index in [1.807, 2.05) is 52.0 Å². The average Bonchev–Trinajstić information content (AvgIpc) is 3.73. The fraction of sp³-hybridized carbons (Fsp3) is 0.400. The Kier molecular flexibility index (Phi) is 6.92. The van der Waals surface area contributed by atoms with Crippen molar-refractivity contribution in [3.63, 3.8) is 0 Å². The van der Waals surface area contributed by atoms with Gasteiger partial charge in [-0.2, -0.15) is 15.1 Å². The lowest BCUT2D eigenvalue weighted by Crippen LogP contribution is -2.45. The van der Waals surface area contributed by atoms with Gasteiger partial charge in [-0.15, -0.1) is 0 Å². The number of nitrogens with zero attached hydrogens (tertiary/aromatic N) is 7. The molecule has 10 rings (SSSR count). The Balaban J connectivity index is 0.00000348. The number of carbonyl (C=O) groups is 1. The Bertz CT molecular complexity index is 2070. The van der Waals surface area contributed by atoms with Gasteiger partial charge < -0.3 is 19.7 Å². The third-order valence-corrected chi connectivity index (χ3v) is 10.3. The standard InChI is InChI=1S/C35H34F2N8O3.H2/c36-23-14-35(10-3-12-44(35)16-23)20-48-33-41-31-27-15-38-30(29(31)37)26-7-2-6-21-4-1-5-22(28(21)26)9-13-47-34(46)40-24-17-43(32(27)42-33)19-25-8-11-39-45(25)18-24;/h1-2,4-8,11,15,23-24H,3,9-10,12-14,16-20H2,(H,40,46);1H/t23-,24?,35+;/m1./s1. The van der Waals surface area contributed by atoms with E-state index < -0.39 is 29.7 Å². The minimum Gasteiger partial charge on any atom is -0.461 e. The zero-order valence-corrected chi connectivity index (χ0v) is 26.2. The van der Waals surface area contributed by atoms with Crippen molar-refractivity contribution in [2.45, 2.75) is 56.5 Å². The number of benzene rings is 2. The fourth-order valence-corrected chi connectivity index (χ4v) is 8.15. The summed E-state index contributed by atoms with van der Waals surface area (Å²) in [4.78, 5) is 31.5. The first-order valence-corrected chi connectivity index (χ1v) is 16.5. The molecule has 48 heavy (non-hydrogen) atoms. The van der Waals surface area contributed by atoms with Crippen LogP contribution in [0.1, 0.15) is 31.9 Å². The molecule has 0 aliphatic carbocycles. The number of pyridine rings is 1. The number of fused-ring (bicyclic) bond motifs is 7. The first-order chi connectivity index (χ1) is 23.4. The monoisotopic (exact) mass is 654 g/mol. The van der Waals surface area contributed by atoms with Gasteiger partial charge in [0, 0.05) is 45.3 Å². The maximum absolute atomic E-state index is 17.0. The number of aromatic nitrogens is 5. The third kappa shape index (κ3) is 4.90. The molecule has 2 saturated heterocycles. The Hall–Kier alpha value is -4.91. The van der Waals surface area contributed by atoms with E-state index in [0.29, 0.717) is 55.8 Å². The number of nitrogens with one attached hydrogen (secondary N) is 1. The molecule has 8 heterocycles. The topological polar surface area (TPSA) is 111 Å². The Morgan fingerprint density at radius 2 is 2.02 bits per heavy atom. The van der Waals surface area contributed by atoms with Crippen molar-refractivity contribution < 1.29 is 24.5 Å². The van der Waals surface area contributed by atoms with Gasteiger partial charge in [-0.05, 0) is 41.8 Å². The van der Waals surface area contributed by atoms with Crippen molar-refractivity contribution >= 4 is 33.6 Å². The smallest absolute Gasteiger partial charge is 0.407 e. The highest BCUT2D eigenvalue weighted by Crippen LogP contribution is 2.41. The number of alkyl halides is 1. The predicted molar refractivity (Wildman–Crippen MR) is 176 cm³/mol. The number of halogens is 2. The van der Waals surface area contributed by atoms with Gasteiger partial charge in [0.2, 0.25) is 0 Å². The summed E-state index contributed by atoms with van der Waals surface area (Å²) in [6, 6.07) is 13.1. The van der Waals surface area contributed by atoms with Crippen LogP contribution in [0.25, 0.3) is 32.9 Å². The molecule has 5 aliphatic heterocycles. The van der Waals surface area contributed by atoms with Gasteiger partial charge >= 0.3 is 12.1 Å².